The summed E-state index contributed by atoms with van der Waals surface area (Å²) in [4.78, 5) is 24.0. The van der Waals surface area contributed by atoms with Gasteiger partial charge in [0.1, 0.15) is 5.69 Å². The topological polar surface area (TPSA) is 89.2 Å². The molecule has 2 N–H and O–H groups in total. The zero-order valence-corrected chi connectivity index (χ0v) is 14.4. The molecule has 2 heterocycles. The molecule has 0 spiro atoms. The van der Waals surface area contributed by atoms with Crippen LogP contribution >= 0.6 is 0 Å². The number of hydrogen-bond acceptors (Lipinski definition) is 4. The molecule has 0 aliphatic carbocycles. The molecule has 0 saturated carbocycles. The van der Waals surface area contributed by atoms with Crippen molar-refractivity contribution in [2.75, 3.05) is 6.54 Å². The van der Waals surface area contributed by atoms with Gasteiger partial charge in [0.25, 0.3) is 11.5 Å². The molecule has 0 fully saturated rings. The fraction of sp³-hybridized carbons (Fsp3) is 0.211. The number of rotatable bonds is 6. The molecule has 1 amide bonds. The van der Waals surface area contributed by atoms with Gasteiger partial charge in [0.05, 0.1) is 18.3 Å². The summed E-state index contributed by atoms with van der Waals surface area (Å²) < 4.78 is 2.90. The fourth-order valence-corrected chi connectivity index (χ4v) is 2.63. The van der Waals surface area contributed by atoms with Crippen molar-refractivity contribution < 1.29 is 9.90 Å². The fourth-order valence-electron chi connectivity index (χ4n) is 2.63. The van der Waals surface area contributed by atoms with E-state index in [1.54, 1.807) is 31.4 Å². The molecule has 7 heteroatoms. The quantitative estimate of drug-likeness (QED) is 0.694. The number of benzene rings is 1. The van der Waals surface area contributed by atoms with Crippen LogP contribution in [-0.4, -0.2) is 38.0 Å². The predicted molar refractivity (Wildman–Crippen MR) is 97.7 cm³/mol. The third-order valence-corrected chi connectivity index (χ3v) is 3.99. The van der Waals surface area contributed by atoms with Crippen molar-refractivity contribution in [1.82, 2.24) is 19.7 Å². The molecule has 0 saturated heterocycles. The molecule has 3 aromatic rings. The van der Waals surface area contributed by atoms with E-state index in [1.165, 1.54) is 15.3 Å². The van der Waals surface area contributed by atoms with E-state index in [2.05, 4.69) is 10.4 Å². The predicted octanol–water partition coefficient (Wildman–Crippen LogP) is 1.04. The molecule has 134 valence electrons. The Balaban J connectivity index is 1.63. The molecule has 0 bridgehead atoms. The zero-order valence-electron chi connectivity index (χ0n) is 14.4. The highest BCUT2D eigenvalue weighted by atomic mass is 16.3. The maximum Gasteiger partial charge on any atom is 0.269 e. The SMILES string of the molecule is Cn1nc(-c2ccccc2)cc1C(=O)NCC(O)Cn1ccccc1=O. The van der Waals surface area contributed by atoms with E-state index < -0.39 is 6.10 Å². The lowest BCUT2D eigenvalue weighted by molar-refractivity contribution is 0.0894. The van der Waals surface area contributed by atoms with E-state index in [4.69, 9.17) is 0 Å². The summed E-state index contributed by atoms with van der Waals surface area (Å²) >= 11 is 0. The Hall–Kier alpha value is -3.19. The van der Waals surface area contributed by atoms with Gasteiger partial charge in [0, 0.05) is 31.4 Å². The molecule has 1 atom stereocenters. The van der Waals surface area contributed by atoms with Crippen molar-refractivity contribution >= 4 is 5.91 Å². The number of hydrogen-bond donors (Lipinski definition) is 2. The van der Waals surface area contributed by atoms with Crippen LogP contribution in [0.5, 0.6) is 0 Å². The monoisotopic (exact) mass is 352 g/mol. The van der Waals surface area contributed by atoms with E-state index in [0.717, 1.165) is 5.56 Å². The van der Waals surface area contributed by atoms with E-state index in [9.17, 15) is 14.7 Å². The Morgan fingerprint density at radius 3 is 2.65 bits per heavy atom. The highest BCUT2D eigenvalue weighted by Crippen LogP contribution is 2.18. The number of aliphatic hydroxyl groups excluding tert-OH is 1. The third-order valence-electron chi connectivity index (χ3n) is 3.99. The number of aryl methyl sites for hydroxylation is 1. The molecular formula is C19H20N4O3. The Morgan fingerprint density at radius 2 is 1.92 bits per heavy atom. The van der Waals surface area contributed by atoms with Crippen LogP contribution in [0.15, 0.2) is 65.6 Å². The van der Waals surface area contributed by atoms with Crippen LogP contribution in [-0.2, 0) is 13.6 Å². The van der Waals surface area contributed by atoms with Crippen LogP contribution in [0.4, 0.5) is 0 Å². The molecule has 0 aliphatic heterocycles. The molecule has 2 aromatic heterocycles. The summed E-state index contributed by atoms with van der Waals surface area (Å²) in [5, 5.41) is 17.1. The number of carbonyl (C=O) groups is 1. The van der Waals surface area contributed by atoms with Gasteiger partial charge in [-0.3, -0.25) is 14.3 Å². The van der Waals surface area contributed by atoms with Crippen molar-refractivity contribution in [2.45, 2.75) is 12.6 Å². The van der Waals surface area contributed by atoms with Crippen LogP contribution in [0.25, 0.3) is 11.3 Å². The van der Waals surface area contributed by atoms with Crippen molar-refractivity contribution in [2.24, 2.45) is 7.05 Å². The van der Waals surface area contributed by atoms with Crippen LogP contribution in [0.3, 0.4) is 0 Å². The Bertz CT molecular complexity index is 947. The van der Waals surface area contributed by atoms with Crippen molar-refractivity contribution in [1.29, 1.82) is 0 Å². The maximum absolute atomic E-state index is 12.4. The average molecular weight is 352 g/mol. The summed E-state index contributed by atoms with van der Waals surface area (Å²) in [5.41, 5.74) is 1.82. The minimum absolute atomic E-state index is 0.0337. The Labute approximate surface area is 150 Å². The number of aliphatic hydroxyl groups is 1. The lowest BCUT2D eigenvalue weighted by Gasteiger charge is -2.13. The molecule has 26 heavy (non-hydrogen) atoms. The first-order valence-electron chi connectivity index (χ1n) is 8.26. The van der Waals surface area contributed by atoms with Gasteiger partial charge in [0.15, 0.2) is 0 Å². The number of aromatic nitrogens is 3. The standard InChI is InChI=1S/C19H20N4O3/c1-22-17(11-16(21-22)14-7-3-2-4-8-14)19(26)20-12-15(24)13-23-10-6-5-9-18(23)25/h2-11,15,24H,12-13H2,1H3,(H,20,26). The number of pyridine rings is 1. The molecule has 1 aromatic carbocycles. The Morgan fingerprint density at radius 1 is 1.19 bits per heavy atom. The van der Waals surface area contributed by atoms with Gasteiger partial charge in [-0.2, -0.15) is 5.10 Å². The average Bonchev–Trinajstić information content (AvgIpc) is 3.04. The first-order valence-corrected chi connectivity index (χ1v) is 8.26. The van der Waals surface area contributed by atoms with Gasteiger partial charge < -0.3 is 15.0 Å². The first-order chi connectivity index (χ1) is 12.5. The Kier molecular flexibility index (Phi) is 5.28. The molecule has 0 aliphatic rings. The van der Waals surface area contributed by atoms with Gasteiger partial charge in [0.2, 0.25) is 0 Å². The van der Waals surface area contributed by atoms with E-state index in [1.807, 2.05) is 30.3 Å². The highest BCUT2D eigenvalue weighted by molar-refractivity contribution is 5.93. The molecule has 1 unspecified atom stereocenters. The minimum atomic E-state index is -0.874. The summed E-state index contributed by atoms with van der Waals surface area (Å²) in [5.74, 6) is -0.332. The van der Waals surface area contributed by atoms with Crippen LogP contribution in [0.2, 0.25) is 0 Å². The minimum Gasteiger partial charge on any atom is -0.389 e. The number of nitrogens with zero attached hydrogens (tertiary/aromatic N) is 3. The van der Waals surface area contributed by atoms with Gasteiger partial charge in [-0.25, -0.2) is 0 Å². The van der Waals surface area contributed by atoms with Crippen LogP contribution in [0, 0.1) is 0 Å². The van der Waals surface area contributed by atoms with Crippen molar-refractivity contribution in [3.8, 4) is 11.3 Å². The second-order valence-electron chi connectivity index (χ2n) is 5.96. The number of carbonyl (C=O) groups excluding carboxylic acids is 1. The number of amides is 1. The van der Waals surface area contributed by atoms with Gasteiger partial charge in [-0.05, 0) is 12.1 Å². The van der Waals surface area contributed by atoms with Crippen molar-refractivity contribution in [3.63, 3.8) is 0 Å². The van der Waals surface area contributed by atoms with Crippen LogP contribution < -0.4 is 10.9 Å². The second-order valence-corrected chi connectivity index (χ2v) is 5.96. The molecular weight excluding hydrogens is 332 g/mol. The summed E-state index contributed by atoms with van der Waals surface area (Å²) in [6, 6.07) is 16.1. The van der Waals surface area contributed by atoms with Gasteiger partial charge in [-0.15, -0.1) is 0 Å². The highest BCUT2D eigenvalue weighted by Gasteiger charge is 2.15. The van der Waals surface area contributed by atoms with Crippen LogP contribution in [0.1, 0.15) is 10.5 Å². The normalized spacial score (nSPS) is 11.9. The summed E-state index contributed by atoms with van der Waals surface area (Å²) in [6.45, 7) is 0.145. The van der Waals surface area contributed by atoms with Gasteiger partial charge in [-0.1, -0.05) is 36.4 Å². The lowest BCUT2D eigenvalue weighted by Crippen LogP contribution is -2.37. The zero-order chi connectivity index (χ0) is 18.5. The van der Waals surface area contributed by atoms with Crippen molar-refractivity contribution in [3.05, 3.63) is 76.8 Å². The lowest BCUT2D eigenvalue weighted by atomic mass is 10.1. The second kappa shape index (κ2) is 7.79. The molecule has 0 radical (unpaired) electrons. The summed E-state index contributed by atoms with van der Waals surface area (Å²) in [6.07, 6.45) is 0.724. The summed E-state index contributed by atoms with van der Waals surface area (Å²) in [7, 11) is 1.70. The van der Waals surface area contributed by atoms with E-state index in [-0.39, 0.29) is 24.6 Å². The van der Waals surface area contributed by atoms with Gasteiger partial charge >= 0.3 is 0 Å². The molecule has 3 rings (SSSR count). The smallest absolute Gasteiger partial charge is 0.269 e. The van der Waals surface area contributed by atoms with E-state index in [0.29, 0.717) is 11.4 Å². The number of nitrogens with one attached hydrogen (secondary N) is 1. The maximum atomic E-state index is 12.4. The first kappa shape index (κ1) is 17.6. The van der Waals surface area contributed by atoms with E-state index >= 15 is 0 Å². The molecule has 7 nitrogen and oxygen atoms in total. The largest absolute Gasteiger partial charge is 0.389 e. The third kappa shape index (κ3) is 4.07.